The lowest BCUT2D eigenvalue weighted by molar-refractivity contribution is -0.119. The Labute approximate surface area is 111 Å². The molecule has 1 aromatic rings. The van der Waals surface area contributed by atoms with E-state index in [0.717, 1.165) is 0 Å². The number of hydrogen-bond donors (Lipinski definition) is 3. The van der Waals surface area contributed by atoms with Crippen LogP contribution in [0.1, 0.15) is 5.56 Å². The average Bonchev–Trinajstić information content (AvgIpc) is 2.30. The molecule has 0 fully saturated rings. The number of rotatable bonds is 4. The van der Waals surface area contributed by atoms with E-state index in [1.54, 1.807) is 6.92 Å². The summed E-state index contributed by atoms with van der Waals surface area (Å²) in [5.41, 5.74) is 6.19. The molecule has 0 bridgehead atoms. The number of likely N-dealkylation sites (N-methyl/N-ethyl adjacent to an activating group) is 1. The maximum atomic E-state index is 11.9. The van der Waals surface area contributed by atoms with Crippen molar-refractivity contribution >= 4 is 33.2 Å². The number of nitrogen functional groups attached to an aromatic ring is 1. The maximum absolute atomic E-state index is 11.9. The van der Waals surface area contributed by atoms with Crippen molar-refractivity contribution in [1.82, 2.24) is 10.0 Å². The van der Waals surface area contributed by atoms with E-state index in [1.807, 2.05) is 0 Å². The highest BCUT2D eigenvalue weighted by Crippen LogP contribution is 2.25. The van der Waals surface area contributed by atoms with Crippen molar-refractivity contribution in [1.29, 1.82) is 0 Å². The molecule has 0 saturated carbocycles. The van der Waals surface area contributed by atoms with Crippen LogP contribution in [-0.4, -0.2) is 27.9 Å². The van der Waals surface area contributed by atoms with E-state index in [9.17, 15) is 13.2 Å². The average molecular weight is 292 g/mol. The van der Waals surface area contributed by atoms with Crippen molar-refractivity contribution in [2.24, 2.45) is 0 Å². The molecule has 4 N–H and O–H groups in total. The van der Waals surface area contributed by atoms with E-state index in [4.69, 9.17) is 17.3 Å². The van der Waals surface area contributed by atoms with Crippen LogP contribution in [0.4, 0.5) is 5.69 Å². The summed E-state index contributed by atoms with van der Waals surface area (Å²) in [5, 5.41) is 2.60. The topological polar surface area (TPSA) is 101 Å². The van der Waals surface area contributed by atoms with Crippen molar-refractivity contribution in [2.75, 3.05) is 19.3 Å². The minimum atomic E-state index is -3.78. The molecule has 0 heterocycles. The first-order valence-corrected chi connectivity index (χ1v) is 6.90. The standard InChI is InChI=1S/C10H14ClN3O3S/c1-6-3-7(11)8(12)4-9(6)18(16,17)14-5-10(15)13-2/h3-4,14H,5,12H2,1-2H3,(H,13,15). The van der Waals surface area contributed by atoms with Gasteiger partial charge in [0.25, 0.3) is 0 Å². The highest BCUT2D eigenvalue weighted by atomic mass is 35.5. The van der Waals surface area contributed by atoms with Crippen LogP contribution in [0.15, 0.2) is 17.0 Å². The number of amides is 1. The third-order valence-electron chi connectivity index (χ3n) is 2.29. The fourth-order valence-corrected chi connectivity index (χ4v) is 2.74. The molecule has 0 radical (unpaired) electrons. The molecule has 0 spiro atoms. The Kier molecular flexibility index (Phi) is 4.55. The lowest BCUT2D eigenvalue weighted by Crippen LogP contribution is -2.35. The van der Waals surface area contributed by atoms with Crippen molar-refractivity contribution in [3.8, 4) is 0 Å². The Balaban J connectivity index is 3.06. The summed E-state index contributed by atoms with van der Waals surface area (Å²) < 4.78 is 26.1. The number of benzene rings is 1. The molecular weight excluding hydrogens is 278 g/mol. The predicted octanol–water partition coefficient (Wildman–Crippen LogP) is 0.255. The number of carbonyl (C=O) groups excluding carboxylic acids is 1. The summed E-state index contributed by atoms with van der Waals surface area (Å²) in [6.45, 7) is 1.26. The highest BCUT2D eigenvalue weighted by molar-refractivity contribution is 7.89. The SMILES string of the molecule is CNC(=O)CNS(=O)(=O)c1cc(N)c(Cl)cc1C. The molecule has 1 rings (SSSR count). The van der Waals surface area contributed by atoms with Crippen LogP contribution in [0.2, 0.25) is 5.02 Å². The number of halogens is 1. The van der Waals surface area contributed by atoms with Gasteiger partial charge in [-0.15, -0.1) is 0 Å². The minimum Gasteiger partial charge on any atom is -0.397 e. The molecule has 0 aliphatic carbocycles. The van der Waals surface area contributed by atoms with Crippen molar-refractivity contribution in [2.45, 2.75) is 11.8 Å². The van der Waals surface area contributed by atoms with Crippen molar-refractivity contribution in [3.63, 3.8) is 0 Å². The first-order chi connectivity index (χ1) is 8.27. The van der Waals surface area contributed by atoms with Crippen LogP contribution in [0.25, 0.3) is 0 Å². The molecule has 0 atom stereocenters. The first kappa shape index (κ1) is 14.7. The van der Waals surface area contributed by atoms with Gasteiger partial charge in [0.2, 0.25) is 15.9 Å². The van der Waals surface area contributed by atoms with Crippen molar-refractivity contribution < 1.29 is 13.2 Å². The zero-order chi connectivity index (χ0) is 13.9. The van der Waals surface area contributed by atoms with Gasteiger partial charge in [0.1, 0.15) is 0 Å². The maximum Gasteiger partial charge on any atom is 0.241 e. The summed E-state index contributed by atoms with van der Waals surface area (Å²) in [5.74, 6) is -0.432. The summed E-state index contributed by atoms with van der Waals surface area (Å²) in [6.07, 6.45) is 0. The van der Waals surface area contributed by atoms with Crippen molar-refractivity contribution in [3.05, 3.63) is 22.7 Å². The van der Waals surface area contributed by atoms with Crippen LogP contribution >= 0.6 is 11.6 Å². The smallest absolute Gasteiger partial charge is 0.241 e. The molecule has 0 aliphatic rings. The van der Waals surface area contributed by atoms with Gasteiger partial charge >= 0.3 is 0 Å². The summed E-state index contributed by atoms with van der Waals surface area (Å²) in [7, 11) is -2.37. The van der Waals surface area contributed by atoms with Gasteiger partial charge in [0.15, 0.2) is 0 Å². The van der Waals surface area contributed by atoms with Gasteiger partial charge in [0.05, 0.1) is 22.2 Å². The monoisotopic (exact) mass is 291 g/mol. The number of aryl methyl sites for hydroxylation is 1. The van der Waals surface area contributed by atoms with Crippen LogP contribution in [0.3, 0.4) is 0 Å². The van der Waals surface area contributed by atoms with E-state index >= 15 is 0 Å². The van der Waals surface area contributed by atoms with E-state index in [-0.39, 0.29) is 22.2 Å². The molecule has 1 aromatic carbocycles. The van der Waals surface area contributed by atoms with Gasteiger partial charge in [-0.25, -0.2) is 13.1 Å². The number of nitrogens with one attached hydrogen (secondary N) is 2. The second kappa shape index (κ2) is 5.55. The van der Waals surface area contributed by atoms with Crippen LogP contribution < -0.4 is 15.8 Å². The predicted molar refractivity (Wildman–Crippen MR) is 69.9 cm³/mol. The van der Waals surface area contributed by atoms with E-state index in [2.05, 4.69) is 10.0 Å². The molecule has 0 saturated heterocycles. The highest BCUT2D eigenvalue weighted by Gasteiger charge is 2.19. The summed E-state index contributed by atoms with van der Waals surface area (Å²) >= 11 is 5.78. The number of anilines is 1. The van der Waals surface area contributed by atoms with Crippen LogP contribution in [0, 0.1) is 6.92 Å². The summed E-state index contributed by atoms with van der Waals surface area (Å²) in [6, 6.07) is 2.73. The molecule has 0 aliphatic heterocycles. The molecule has 0 aromatic heterocycles. The van der Waals surface area contributed by atoms with Gasteiger partial charge in [-0.1, -0.05) is 11.6 Å². The molecule has 1 amide bonds. The summed E-state index contributed by atoms with van der Waals surface area (Å²) in [4.78, 5) is 11.0. The van der Waals surface area contributed by atoms with E-state index in [0.29, 0.717) is 5.56 Å². The van der Waals surface area contributed by atoms with Gasteiger partial charge in [0, 0.05) is 7.05 Å². The van der Waals surface area contributed by atoms with Crippen LogP contribution in [0.5, 0.6) is 0 Å². The van der Waals surface area contributed by atoms with Crippen LogP contribution in [-0.2, 0) is 14.8 Å². The number of hydrogen-bond acceptors (Lipinski definition) is 4. The Bertz CT molecular complexity index is 572. The third kappa shape index (κ3) is 3.34. The van der Waals surface area contributed by atoms with Gasteiger partial charge in [-0.05, 0) is 24.6 Å². The Hall–Kier alpha value is -1.31. The lowest BCUT2D eigenvalue weighted by atomic mass is 10.2. The normalized spacial score (nSPS) is 11.3. The Morgan fingerprint density at radius 1 is 1.44 bits per heavy atom. The van der Waals surface area contributed by atoms with Gasteiger partial charge in [-0.2, -0.15) is 0 Å². The molecule has 8 heteroatoms. The van der Waals surface area contributed by atoms with Gasteiger partial charge < -0.3 is 11.1 Å². The van der Waals surface area contributed by atoms with E-state index in [1.165, 1.54) is 19.2 Å². The minimum absolute atomic E-state index is 0.00769. The lowest BCUT2D eigenvalue weighted by Gasteiger charge is -2.10. The largest absolute Gasteiger partial charge is 0.397 e. The zero-order valence-corrected chi connectivity index (χ0v) is 11.5. The Morgan fingerprint density at radius 2 is 2.06 bits per heavy atom. The first-order valence-electron chi connectivity index (χ1n) is 5.04. The molecular formula is C10H14ClN3O3S. The second-order valence-electron chi connectivity index (χ2n) is 3.64. The molecule has 0 unspecified atom stereocenters. The number of nitrogens with two attached hydrogens (primary N) is 1. The molecule has 18 heavy (non-hydrogen) atoms. The zero-order valence-electron chi connectivity index (χ0n) is 9.95. The fraction of sp³-hybridized carbons (Fsp3) is 0.300. The molecule has 6 nitrogen and oxygen atoms in total. The second-order valence-corrected chi connectivity index (χ2v) is 5.78. The van der Waals surface area contributed by atoms with Gasteiger partial charge in [-0.3, -0.25) is 4.79 Å². The quantitative estimate of drug-likeness (QED) is 0.692. The molecule has 100 valence electrons. The number of sulfonamides is 1. The Morgan fingerprint density at radius 3 is 2.61 bits per heavy atom. The van der Waals surface area contributed by atoms with E-state index < -0.39 is 15.9 Å². The third-order valence-corrected chi connectivity index (χ3v) is 4.16. The fourth-order valence-electron chi connectivity index (χ4n) is 1.28. The number of carbonyl (C=O) groups is 1.